The van der Waals surface area contributed by atoms with E-state index in [0.29, 0.717) is 18.6 Å². The zero-order valence-electron chi connectivity index (χ0n) is 9.49. The smallest absolute Gasteiger partial charge is 0.303 e. The maximum absolute atomic E-state index is 13.1. The zero-order valence-corrected chi connectivity index (χ0v) is 9.49. The van der Waals surface area contributed by atoms with Crippen LogP contribution in [-0.2, 0) is 11.2 Å². The topological polar surface area (TPSA) is 46.5 Å². The number of benzene rings is 1. The van der Waals surface area contributed by atoms with Crippen LogP contribution in [0.25, 0.3) is 0 Å². The van der Waals surface area contributed by atoms with Crippen molar-refractivity contribution in [3.8, 4) is 5.75 Å². The molecule has 1 aromatic rings. The normalized spacial score (nSPS) is 14.6. The number of hydrogen-bond donors (Lipinski definition) is 1. The molecule has 2 rings (SSSR count). The Kier molecular flexibility index (Phi) is 3.61. The Balaban J connectivity index is 2.00. The van der Waals surface area contributed by atoms with Crippen molar-refractivity contribution in [3.63, 3.8) is 0 Å². The molecule has 0 atom stereocenters. The summed E-state index contributed by atoms with van der Waals surface area (Å²) in [7, 11) is 0. The van der Waals surface area contributed by atoms with Crippen molar-refractivity contribution in [2.24, 2.45) is 0 Å². The summed E-state index contributed by atoms with van der Waals surface area (Å²) in [4.78, 5) is 10.4. The third-order valence-corrected chi connectivity index (χ3v) is 2.68. The molecule has 0 saturated heterocycles. The number of halogens is 1. The summed E-state index contributed by atoms with van der Waals surface area (Å²) < 4.78 is 18.8. The van der Waals surface area contributed by atoms with Crippen LogP contribution in [0.2, 0.25) is 0 Å². The number of carbonyl (C=O) groups is 1. The molecule has 0 radical (unpaired) electrons. The van der Waals surface area contributed by atoms with Crippen LogP contribution in [0.15, 0.2) is 18.2 Å². The number of carboxylic acids is 1. The van der Waals surface area contributed by atoms with E-state index in [1.807, 2.05) is 0 Å². The summed E-state index contributed by atoms with van der Waals surface area (Å²) in [6, 6.07) is 4.43. The minimum absolute atomic E-state index is 0.0966. The molecule has 0 unspecified atom stereocenters. The Morgan fingerprint density at radius 1 is 1.47 bits per heavy atom. The SMILES string of the molecule is O=C(O)CCCc1cc(F)ccc1OC1CC1. The molecular formula is C13H15FO3. The van der Waals surface area contributed by atoms with Crippen molar-refractivity contribution in [2.75, 3.05) is 0 Å². The van der Waals surface area contributed by atoms with Crippen molar-refractivity contribution < 1.29 is 19.0 Å². The lowest BCUT2D eigenvalue weighted by atomic mass is 10.1. The summed E-state index contributed by atoms with van der Waals surface area (Å²) in [5, 5.41) is 8.57. The summed E-state index contributed by atoms with van der Waals surface area (Å²) in [5.74, 6) is -0.441. The summed E-state index contributed by atoms with van der Waals surface area (Å²) in [5.41, 5.74) is 0.762. The largest absolute Gasteiger partial charge is 0.490 e. The maximum Gasteiger partial charge on any atom is 0.303 e. The van der Waals surface area contributed by atoms with Gasteiger partial charge in [0.2, 0.25) is 0 Å². The highest BCUT2D eigenvalue weighted by atomic mass is 19.1. The Hall–Kier alpha value is -1.58. The number of ether oxygens (including phenoxy) is 1. The van der Waals surface area contributed by atoms with Crippen LogP contribution < -0.4 is 4.74 Å². The quantitative estimate of drug-likeness (QED) is 0.828. The van der Waals surface area contributed by atoms with Crippen LogP contribution in [0.3, 0.4) is 0 Å². The molecule has 0 spiro atoms. The van der Waals surface area contributed by atoms with Gasteiger partial charge >= 0.3 is 5.97 Å². The Bertz CT molecular complexity index is 413. The highest BCUT2D eigenvalue weighted by Crippen LogP contribution is 2.30. The van der Waals surface area contributed by atoms with Crippen molar-refractivity contribution in [1.29, 1.82) is 0 Å². The number of carboxylic acid groups (broad SMARTS) is 1. The Labute approximate surface area is 99.2 Å². The van der Waals surface area contributed by atoms with Gasteiger partial charge in [0.25, 0.3) is 0 Å². The highest BCUT2D eigenvalue weighted by Gasteiger charge is 2.24. The van der Waals surface area contributed by atoms with Crippen LogP contribution >= 0.6 is 0 Å². The number of aryl methyl sites for hydroxylation is 1. The number of aliphatic carboxylic acids is 1. The molecule has 92 valence electrons. The number of rotatable bonds is 6. The predicted octanol–water partition coefficient (Wildman–Crippen LogP) is 2.77. The predicted molar refractivity (Wildman–Crippen MR) is 60.6 cm³/mol. The van der Waals surface area contributed by atoms with Gasteiger partial charge in [0.1, 0.15) is 11.6 Å². The van der Waals surface area contributed by atoms with E-state index in [4.69, 9.17) is 9.84 Å². The van der Waals surface area contributed by atoms with E-state index < -0.39 is 5.97 Å². The van der Waals surface area contributed by atoms with E-state index in [0.717, 1.165) is 18.4 Å². The molecule has 1 saturated carbocycles. The summed E-state index contributed by atoms with van der Waals surface area (Å²) >= 11 is 0. The van der Waals surface area contributed by atoms with Crippen molar-refractivity contribution in [2.45, 2.75) is 38.2 Å². The fraction of sp³-hybridized carbons (Fsp3) is 0.462. The van der Waals surface area contributed by atoms with Crippen molar-refractivity contribution >= 4 is 5.97 Å². The van der Waals surface area contributed by atoms with Gasteiger partial charge < -0.3 is 9.84 Å². The van der Waals surface area contributed by atoms with Crippen molar-refractivity contribution in [1.82, 2.24) is 0 Å². The minimum atomic E-state index is -0.828. The van der Waals surface area contributed by atoms with Gasteiger partial charge in [-0.25, -0.2) is 4.39 Å². The first-order valence-electron chi connectivity index (χ1n) is 5.82. The van der Waals surface area contributed by atoms with E-state index in [-0.39, 0.29) is 18.3 Å². The third-order valence-electron chi connectivity index (χ3n) is 2.68. The standard InChI is InChI=1S/C13H15FO3/c14-10-4-7-12(17-11-5-6-11)9(8-10)2-1-3-13(15)16/h4,7-8,11H,1-3,5-6H2,(H,15,16). The molecule has 1 fully saturated rings. The molecule has 0 amide bonds. The molecule has 17 heavy (non-hydrogen) atoms. The summed E-state index contributed by atoms with van der Waals surface area (Å²) in [6.45, 7) is 0. The van der Waals surface area contributed by atoms with E-state index >= 15 is 0 Å². The minimum Gasteiger partial charge on any atom is -0.490 e. The molecule has 1 aliphatic carbocycles. The average Bonchev–Trinajstić information content (AvgIpc) is 3.05. The van der Waals surface area contributed by atoms with Gasteiger partial charge in [0.15, 0.2) is 0 Å². The number of hydrogen-bond acceptors (Lipinski definition) is 2. The second-order valence-electron chi connectivity index (χ2n) is 4.32. The molecule has 0 heterocycles. The van der Waals surface area contributed by atoms with E-state index in [9.17, 15) is 9.18 Å². The molecular weight excluding hydrogens is 223 g/mol. The van der Waals surface area contributed by atoms with Gasteiger partial charge in [-0.3, -0.25) is 4.79 Å². The zero-order chi connectivity index (χ0) is 12.3. The van der Waals surface area contributed by atoms with Gasteiger partial charge in [0, 0.05) is 6.42 Å². The maximum atomic E-state index is 13.1. The lowest BCUT2D eigenvalue weighted by Gasteiger charge is -2.10. The molecule has 1 N–H and O–H groups in total. The molecule has 4 heteroatoms. The monoisotopic (exact) mass is 238 g/mol. The van der Waals surface area contributed by atoms with Gasteiger partial charge in [-0.05, 0) is 49.4 Å². The van der Waals surface area contributed by atoms with Crippen LogP contribution in [0.5, 0.6) is 5.75 Å². The Morgan fingerprint density at radius 2 is 2.24 bits per heavy atom. The second kappa shape index (κ2) is 5.17. The molecule has 0 aromatic heterocycles. The van der Waals surface area contributed by atoms with Crippen LogP contribution in [0.4, 0.5) is 4.39 Å². The van der Waals surface area contributed by atoms with E-state index in [1.54, 1.807) is 6.07 Å². The van der Waals surface area contributed by atoms with Gasteiger partial charge in [-0.2, -0.15) is 0 Å². The van der Waals surface area contributed by atoms with E-state index in [1.165, 1.54) is 12.1 Å². The molecule has 0 aliphatic heterocycles. The molecule has 1 aliphatic rings. The molecule has 0 bridgehead atoms. The van der Waals surface area contributed by atoms with Crippen molar-refractivity contribution in [3.05, 3.63) is 29.6 Å². The third kappa shape index (κ3) is 3.73. The van der Waals surface area contributed by atoms with Gasteiger partial charge in [0.05, 0.1) is 6.10 Å². The molecule has 3 nitrogen and oxygen atoms in total. The lowest BCUT2D eigenvalue weighted by Crippen LogP contribution is -2.02. The van der Waals surface area contributed by atoms with Crippen LogP contribution in [0, 0.1) is 5.82 Å². The summed E-state index contributed by atoms with van der Waals surface area (Å²) in [6.07, 6.45) is 3.49. The van der Waals surface area contributed by atoms with Crippen LogP contribution in [0.1, 0.15) is 31.2 Å². The van der Waals surface area contributed by atoms with Gasteiger partial charge in [-0.1, -0.05) is 0 Å². The fourth-order valence-electron chi connectivity index (χ4n) is 1.65. The molecule has 1 aromatic carbocycles. The van der Waals surface area contributed by atoms with E-state index in [2.05, 4.69) is 0 Å². The lowest BCUT2D eigenvalue weighted by molar-refractivity contribution is -0.137. The first-order valence-corrected chi connectivity index (χ1v) is 5.82. The first-order chi connectivity index (χ1) is 8.15. The highest BCUT2D eigenvalue weighted by molar-refractivity contribution is 5.66. The van der Waals surface area contributed by atoms with Crippen LogP contribution in [-0.4, -0.2) is 17.2 Å². The van der Waals surface area contributed by atoms with Gasteiger partial charge in [-0.15, -0.1) is 0 Å². The first kappa shape index (κ1) is 11.9. The fourth-order valence-corrected chi connectivity index (χ4v) is 1.65. The second-order valence-corrected chi connectivity index (χ2v) is 4.32. The Morgan fingerprint density at radius 3 is 2.88 bits per heavy atom. The average molecular weight is 238 g/mol.